The number of carbonyl (C=O) groups excluding carboxylic acids is 3. The minimum Gasteiger partial charge on any atom is -0.444 e. The number of thiazole rings is 1. The molecule has 1 N–H and O–H groups in total. The van der Waals surface area contributed by atoms with Gasteiger partial charge < -0.3 is 14.7 Å². The maximum atomic E-state index is 13.6. The Balaban J connectivity index is 3.25. The molecule has 0 radical (unpaired) electrons. The zero-order valence-electron chi connectivity index (χ0n) is 21.6. The monoisotopic (exact) mass is 509 g/mol. The highest BCUT2D eigenvalue weighted by Gasteiger charge is 2.35. The fourth-order valence-electron chi connectivity index (χ4n) is 3.61. The van der Waals surface area contributed by atoms with E-state index in [1.54, 1.807) is 5.38 Å². The zero-order chi connectivity index (χ0) is 26.5. The molecule has 0 bridgehead atoms. The number of ketones is 1. The van der Waals surface area contributed by atoms with Crippen molar-refractivity contribution in [1.29, 1.82) is 0 Å². The van der Waals surface area contributed by atoms with E-state index in [9.17, 15) is 19.5 Å². The Hall–Kier alpha value is -2.49. The van der Waals surface area contributed by atoms with Crippen LogP contribution in [0.2, 0.25) is 0 Å². The van der Waals surface area contributed by atoms with Gasteiger partial charge in [0.05, 0.1) is 0 Å². The summed E-state index contributed by atoms with van der Waals surface area (Å²) in [7, 11) is 0. The molecule has 0 fully saturated rings. The molecule has 0 aliphatic heterocycles. The molecule has 0 spiro atoms. The van der Waals surface area contributed by atoms with E-state index in [4.69, 9.17) is 10.3 Å². The van der Waals surface area contributed by atoms with Crippen LogP contribution in [0.4, 0.5) is 0 Å². The van der Waals surface area contributed by atoms with Crippen LogP contribution in [0.1, 0.15) is 102 Å². The van der Waals surface area contributed by atoms with E-state index in [1.807, 2.05) is 41.5 Å². The highest BCUT2D eigenvalue weighted by Crippen LogP contribution is 2.29. The molecule has 1 unspecified atom stereocenters. The van der Waals surface area contributed by atoms with Gasteiger partial charge in [-0.15, -0.1) is 11.3 Å². The predicted octanol–water partition coefficient (Wildman–Crippen LogP) is 5.43. The lowest BCUT2D eigenvalue weighted by atomic mass is 9.93. The molecule has 0 aromatic carbocycles. The highest BCUT2D eigenvalue weighted by atomic mass is 32.1. The Morgan fingerprint density at radius 3 is 2.40 bits per heavy atom. The normalized spacial score (nSPS) is 14.5. The summed E-state index contributed by atoms with van der Waals surface area (Å²) in [5.41, 5.74) is 9.38. The number of azide groups is 1. The molecule has 0 aliphatic carbocycles. The zero-order valence-corrected chi connectivity index (χ0v) is 22.5. The van der Waals surface area contributed by atoms with E-state index in [1.165, 1.54) is 16.2 Å². The standard InChI is InChI=1S/C24H39N5O5S/c1-7-10-19(30)17-13-35-23(26-17)20(31)12-18(15(4)5)29(14-34-21(32)11-8-2)24(33)22(27-28-25)16(6)9-3/h13,15-16,18,20,22,31H,7-12,14H2,1-6H3/t16?,18-,20-,22+/m1/s1. The molecular formula is C24H39N5O5S. The minimum atomic E-state index is -1.03. The Kier molecular flexibility index (Phi) is 13.5. The second kappa shape index (κ2) is 15.5. The van der Waals surface area contributed by atoms with E-state index in [-0.39, 0.29) is 37.2 Å². The first-order valence-corrected chi connectivity index (χ1v) is 13.2. The van der Waals surface area contributed by atoms with Gasteiger partial charge in [-0.25, -0.2) is 4.98 Å². The minimum absolute atomic E-state index is 0.0759. The summed E-state index contributed by atoms with van der Waals surface area (Å²) in [4.78, 5) is 46.4. The summed E-state index contributed by atoms with van der Waals surface area (Å²) in [6.07, 6.45) is 1.62. The van der Waals surface area contributed by atoms with Gasteiger partial charge in [0.1, 0.15) is 22.8 Å². The Morgan fingerprint density at radius 1 is 1.20 bits per heavy atom. The fraction of sp³-hybridized carbons (Fsp3) is 0.750. The number of aliphatic hydroxyl groups is 1. The average Bonchev–Trinajstić information content (AvgIpc) is 3.32. The van der Waals surface area contributed by atoms with Crippen molar-refractivity contribution >= 4 is 29.0 Å². The van der Waals surface area contributed by atoms with Crippen LogP contribution >= 0.6 is 11.3 Å². The molecule has 1 rings (SSSR count). The molecular weight excluding hydrogens is 470 g/mol. The summed E-state index contributed by atoms with van der Waals surface area (Å²) >= 11 is 1.20. The fourth-order valence-corrected chi connectivity index (χ4v) is 4.43. The molecule has 1 aromatic rings. The summed E-state index contributed by atoms with van der Waals surface area (Å²) < 4.78 is 5.38. The molecule has 35 heavy (non-hydrogen) atoms. The Labute approximate surface area is 211 Å². The van der Waals surface area contributed by atoms with Gasteiger partial charge in [-0.05, 0) is 30.2 Å². The van der Waals surface area contributed by atoms with Gasteiger partial charge in [-0.3, -0.25) is 14.4 Å². The van der Waals surface area contributed by atoms with E-state index in [0.717, 1.165) is 0 Å². The average molecular weight is 510 g/mol. The first kappa shape index (κ1) is 30.5. The van der Waals surface area contributed by atoms with Crippen molar-refractivity contribution in [2.24, 2.45) is 17.0 Å². The maximum Gasteiger partial charge on any atom is 0.307 e. The van der Waals surface area contributed by atoms with Gasteiger partial charge >= 0.3 is 5.97 Å². The summed E-state index contributed by atoms with van der Waals surface area (Å²) in [5.74, 6) is -1.31. The number of carbonyl (C=O) groups is 3. The van der Waals surface area contributed by atoms with Crippen LogP contribution in [0.3, 0.4) is 0 Å². The third kappa shape index (κ3) is 9.23. The summed E-state index contributed by atoms with van der Waals surface area (Å²) in [5, 5.41) is 16.7. The number of Topliss-reactive ketones (excluding diaryl/α,β-unsaturated/α-hetero) is 1. The smallest absolute Gasteiger partial charge is 0.307 e. The van der Waals surface area contributed by atoms with Crippen LogP contribution < -0.4 is 0 Å². The molecule has 11 heteroatoms. The second-order valence-electron chi connectivity index (χ2n) is 9.05. The quantitative estimate of drug-likeness (QED) is 0.0785. The maximum absolute atomic E-state index is 13.6. The van der Waals surface area contributed by atoms with Crippen LogP contribution in [-0.4, -0.2) is 51.5 Å². The molecule has 1 amide bonds. The largest absolute Gasteiger partial charge is 0.444 e. The summed E-state index contributed by atoms with van der Waals surface area (Å²) in [6, 6.07) is -1.50. The third-order valence-electron chi connectivity index (χ3n) is 5.92. The van der Waals surface area contributed by atoms with E-state index in [2.05, 4.69) is 15.0 Å². The van der Waals surface area contributed by atoms with Gasteiger partial charge in [0.25, 0.3) is 0 Å². The van der Waals surface area contributed by atoms with Crippen LogP contribution in [-0.2, 0) is 14.3 Å². The predicted molar refractivity (Wildman–Crippen MR) is 135 cm³/mol. The number of aliphatic hydroxyl groups excluding tert-OH is 1. The number of hydrogen-bond acceptors (Lipinski definition) is 8. The number of hydrogen-bond donors (Lipinski definition) is 1. The summed E-state index contributed by atoms with van der Waals surface area (Å²) in [6.45, 7) is 11.0. The first-order valence-electron chi connectivity index (χ1n) is 12.3. The number of nitrogens with zero attached hydrogens (tertiary/aromatic N) is 5. The Morgan fingerprint density at radius 2 is 1.86 bits per heavy atom. The van der Waals surface area contributed by atoms with Crippen LogP contribution in [0.15, 0.2) is 10.5 Å². The van der Waals surface area contributed by atoms with Gasteiger partial charge in [0.2, 0.25) is 5.91 Å². The third-order valence-corrected chi connectivity index (χ3v) is 6.86. The number of aromatic nitrogens is 1. The number of rotatable bonds is 16. The van der Waals surface area contributed by atoms with Crippen molar-refractivity contribution in [3.63, 3.8) is 0 Å². The van der Waals surface area contributed by atoms with Gasteiger partial charge in [-0.2, -0.15) is 0 Å². The lowest BCUT2D eigenvalue weighted by molar-refractivity contribution is -0.158. The van der Waals surface area contributed by atoms with E-state index >= 15 is 0 Å². The number of amides is 1. The molecule has 1 aromatic heterocycles. The molecule has 1 heterocycles. The van der Waals surface area contributed by atoms with Crippen LogP contribution in [0.5, 0.6) is 0 Å². The van der Waals surface area contributed by atoms with Crippen molar-refractivity contribution in [2.45, 2.75) is 98.3 Å². The molecule has 0 saturated carbocycles. The van der Waals surface area contributed by atoms with Crippen molar-refractivity contribution in [3.8, 4) is 0 Å². The molecule has 0 saturated heterocycles. The van der Waals surface area contributed by atoms with Crippen molar-refractivity contribution in [1.82, 2.24) is 9.88 Å². The topological polar surface area (TPSA) is 146 Å². The lowest BCUT2D eigenvalue weighted by Crippen LogP contribution is -2.50. The van der Waals surface area contributed by atoms with Gasteiger partial charge in [0, 0.05) is 35.6 Å². The lowest BCUT2D eigenvalue weighted by Gasteiger charge is -2.37. The molecule has 10 nitrogen and oxygen atoms in total. The molecule has 196 valence electrons. The van der Waals surface area contributed by atoms with E-state index < -0.39 is 30.1 Å². The molecule has 0 aliphatic rings. The highest BCUT2D eigenvalue weighted by molar-refractivity contribution is 7.09. The SMILES string of the molecule is CCCC(=O)OCN(C(=O)[C@@H](N=[N+]=[N-])C(C)CC)[C@H](C[C@@H](O)c1nc(C(=O)CCC)cs1)C(C)C. The van der Waals surface area contributed by atoms with Crippen molar-refractivity contribution in [2.75, 3.05) is 6.73 Å². The van der Waals surface area contributed by atoms with Crippen molar-refractivity contribution in [3.05, 3.63) is 26.5 Å². The molecule has 4 atom stereocenters. The van der Waals surface area contributed by atoms with Crippen LogP contribution in [0.25, 0.3) is 10.4 Å². The number of esters is 1. The van der Waals surface area contributed by atoms with Crippen LogP contribution in [0, 0.1) is 11.8 Å². The first-order chi connectivity index (χ1) is 16.6. The second-order valence-corrected chi connectivity index (χ2v) is 9.94. The van der Waals surface area contributed by atoms with Gasteiger partial charge in [0.15, 0.2) is 12.5 Å². The van der Waals surface area contributed by atoms with Gasteiger partial charge in [-0.1, -0.05) is 53.1 Å². The number of ether oxygens (including phenoxy) is 1. The Bertz CT molecular complexity index is 883. The van der Waals surface area contributed by atoms with E-state index in [0.29, 0.717) is 36.4 Å². The van der Waals surface area contributed by atoms with Crippen molar-refractivity contribution < 1.29 is 24.2 Å².